The van der Waals surface area contributed by atoms with Crippen molar-refractivity contribution in [2.24, 2.45) is 0 Å². The van der Waals surface area contributed by atoms with Crippen molar-refractivity contribution in [3.8, 4) is 0 Å². The van der Waals surface area contributed by atoms with Gasteiger partial charge in [0.25, 0.3) is 0 Å². The van der Waals surface area contributed by atoms with Crippen LogP contribution in [0.3, 0.4) is 0 Å². The van der Waals surface area contributed by atoms with Crippen LogP contribution in [0, 0.1) is 6.92 Å². The third kappa shape index (κ3) is 2.45. The number of thiazole rings is 1. The number of amides is 1. The van der Waals surface area contributed by atoms with Gasteiger partial charge >= 0.3 is 0 Å². The Morgan fingerprint density at radius 1 is 1.43 bits per heavy atom. The third-order valence-corrected chi connectivity index (χ3v) is 4.07. The molecule has 5 nitrogen and oxygen atoms in total. The first-order valence-corrected chi connectivity index (χ1v) is 7.31. The van der Waals surface area contributed by atoms with Crippen molar-refractivity contribution in [1.29, 1.82) is 0 Å². The summed E-state index contributed by atoms with van der Waals surface area (Å²) in [5.41, 5.74) is 2.31. The van der Waals surface area contributed by atoms with E-state index in [-0.39, 0.29) is 12.5 Å². The van der Waals surface area contributed by atoms with Crippen LogP contribution in [0.1, 0.15) is 16.1 Å². The lowest BCUT2D eigenvalue weighted by molar-refractivity contribution is -0.116. The monoisotopic (exact) mass is 299 g/mol. The predicted octanol–water partition coefficient (Wildman–Crippen LogP) is 2.86. The second-order valence-electron chi connectivity index (χ2n) is 4.61. The first-order valence-electron chi connectivity index (χ1n) is 6.43. The molecule has 0 bridgehead atoms. The molecule has 1 aromatic carbocycles. The summed E-state index contributed by atoms with van der Waals surface area (Å²) < 4.78 is 1.85. The van der Waals surface area contributed by atoms with Crippen LogP contribution < -0.4 is 5.32 Å². The van der Waals surface area contributed by atoms with Crippen LogP contribution in [-0.4, -0.2) is 21.7 Å². The molecule has 1 N–H and O–H groups in total. The summed E-state index contributed by atoms with van der Waals surface area (Å²) in [5, 5.41) is 5.99. The largest absolute Gasteiger partial charge is 0.335 e. The van der Waals surface area contributed by atoms with Gasteiger partial charge in [0.05, 0.1) is 0 Å². The second-order valence-corrected chi connectivity index (χ2v) is 5.50. The molecule has 6 heteroatoms. The zero-order chi connectivity index (χ0) is 14.8. The summed E-state index contributed by atoms with van der Waals surface area (Å²) in [7, 11) is 0. The molecule has 0 saturated carbocycles. The summed E-state index contributed by atoms with van der Waals surface area (Å²) in [6, 6.07) is 7.58. The number of para-hydroxylation sites is 1. The maximum absolute atomic E-state index is 12.1. The molecule has 0 aliphatic rings. The van der Waals surface area contributed by atoms with Gasteiger partial charge in [0.2, 0.25) is 5.91 Å². The van der Waals surface area contributed by atoms with E-state index in [2.05, 4.69) is 10.3 Å². The Bertz CT molecular complexity index is 806. The number of hydrogen-bond donors (Lipinski definition) is 1. The van der Waals surface area contributed by atoms with E-state index in [0.717, 1.165) is 22.9 Å². The number of hydrogen-bond acceptors (Lipinski definition) is 4. The van der Waals surface area contributed by atoms with Gasteiger partial charge in [0.1, 0.15) is 6.54 Å². The van der Waals surface area contributed by atoms with Crippen LogP contribution in [0.15, 0.2) is 35.8 Å². The smallest absolute Gasteiger partial charge is 0.246 e. The average Bonchev–Trinajstić information content (AvgIpc) is 3.07. The highest BCUT2D eigenvalue weighted by Crippen LogP contribution is 2.24. The number of nitrogens with one attached hydrogen (secondary N) is 1. The fraction of sp³-hybridized carbons (Fsp3) is 0.133. The lowest BCUT2D eigenvalue weighted by atomic mass is 10.1. The minimum Gasteiger partial charge on any atom is -0.335 e. The van der Waals surface area contributed by atoms with E-state index < -0.39 is 0 Å². The molecular weight excluding hydrogens is 286 g/mol. The van der Waals surface area contributed by atoms with Crippen molar-refractivity contribution in [1.82, 2.24) is 9.55 Å². The minimum absolute atomic E-state index is 0.153. The topological polar surface area (TPSA) is 64.0 Å². The molecule has 3 aromatic rings. The van der Waals surface area contributed by atoms with E-state index in [1.807, 2.05) is 35.8 Å². The molecule has 0 saturated heterocycles. The molecule has 21 heavy (non-hydrogen) atoms. The number of rotatable bonds is 4. The van der Waals surface area contributed by atoms with Gasteiger partial charge in [-0.3, -0.25) is 9.59 Å². The molecule has 0 unspecified atom stereocenters. The van der Waals surface area contributed by atoms with E-state index in [1.54, 1.807) is 11.6 Å². The number of carbonyl (C=O) groups is 2. The maximum atomic E-state index is 12.1. The molecule has 106 valence electrons. The van der Waals surface area contributed by atoms with E-state index in [0.29, 0.717) is 10.7 Å². The van der Waals surface area contributed by atoms with E-state index >= 15 is 0 Å². The van der Waals surface area contributed by atoms with Crippen molar-refractivity contribution in [2.75, 3.05) is 5.32 Å². The first-order chi connectivity index (χ1) is 10.2. The van der Waals surface area contributed by atoms with Crippen molar-refractivity contribution in [3.05, 3.63) is 47.1 Å². The van der Waals surface area contributed by atoms with Crippen LogP contribution >= 0.6 is 11.3 Å². The highest BCUT2D eigenvalue weighted by molar-refractivity contribution is 7.13. The normalized spacial score (nSPS) is 10.7. The van der Waals surface area contributed by atoms with Crippen LogP contribution in [0.2, 0.25) is 0 Å². The van der Waals surface area contributed by atoms with Crippen LogP contribution in [0.5, 0.6) is 0 Å². The molecule has 2 heterocycles. The Morgan fingerprint density at radius 2 is 2.24 bits per heavy atom. The molecule has 0 spiro atoms. The van der Waals surface area contributed by atoms with Gasteiger partial charge in [-0.2, -0.15) is 0 Å². The third-order valence-electron chi connectivity index (χ3n) is 3.38. The Hall–Kier alpha value is -2.47. The number of aldehydes is 1. The molecule has 0 radical (unpaired) electrons. The zero-order valence-corrected chi connectivity index (χ0v) is 12.2. The standard InChI is InChI=1S/C15H13N3O2S/c1-10-12(9-19)11-4-2-3-5-13(11)18(10)8-14(20)17-15-16-6-7-21-15/h2-7,9H,8H2,1H3,(H,16,17,20). The number of anilines is 1. The van der Waals surface area contributed by atoms with E-state index in [9.17, 15) is 9.59 Å². The quantitative estimate of drug-likeness (QED) is 0.753. The van der Waals surface area contributed by atoms with Crippen molar-refractivity contribution < 1.29 is 9.59 Å². The maximum Gasteiger partial charge on any atom is 0.246 e. The van der Waals surface area contributed by atoms with Crippen molar-refractivity contribution in [3.63, 3.8) is 0 Å². The van der Waals surface area contributed by atoms with Gasteiger partial charge < -0.3 is 9.88 Å². The summed E-state index contributed by atoms with van der Waals surface area (Å²) >= 11 is 1.37. The fourth-order valence-electron chi connectivity index (χ4n) is 2.40. The minimum atomic E-state index is -0.161. The number of carbonyl (C=O) groups excluding carboxylic acids is 2. The van der Waals surface area contributed by atoms with Crippen molar-refractivity contribution >= 4 is 39.6 Å². The number of aromatic nitrogens is 2. The van der Waals surface area contributed by atoms with Crippen molar-refractivity contribution in [2.45, 2.75) is 13.5 Å². The molecular formula is C15H13N3O2S. The van der Waals surface area contributed by atoms with Gasteiger partial charge in [-0.25, -0.2) is 4.98 Å². The SMILES string of the molecule is Cc1c(C=O)c2ccccc2n1CC(=O)Nc1nccs1. The molecule has 1 amide bonds. The molecule has 0 fully saturated rings. The highest BCUT2D eigenvalue weighted by Gasteiger charge is 2.15. The second kappa shape index (κ2) is 5.49. The number of benzene rings is 1. The van der Waals surface area contributed by atoms with Gasteiger partial charge in [-0.05, 0) is 13.0 Å². The number of fused-ring (bicyclic) bond motifs is 1. The van der Waals surface area contributed by atoms with E-state index in [1.165, 1.54) is 11.3 Å². The fourth-order valence-corrected chi connectivity index (χ4v) is 2.94. The van der Waals surface area contributed by atoms with Gasteiger partial charge in [0, 0.05) is 33.7 Å². The summed E-state index contributed by atoms with van der Waals surface area (Å²) in [4.78, 5) is 27.4. The number of nitrogens with zero attached hydrogens (tertiary/aromatic N) is 2. The lowest BCUT2D eigenvalue weighted by Crippen LogP contribution is -2.19. The van der Waals surface area contributed by atoms with Gasteiger partial charge in [-0.1, -0.05) is 18.2 Å². The van der Waals surface area contributed by atoms with Crippen LogP contribution in [0.4, 0.5) is 5.13 Å². The summed E-state index contributed by atoms with van der Waals surface area (Å²) in [6.45, 7) is 2.00. The van der Waals surface area contributed by atoms with Crippen LogP contribution in [0.25, 0.3) is 10.9 Å². The zero-order valence-electron chi connectivity index (χ0n) is 11.4. The Balaban J connectivity index is 1.95. The van der Waals surface area contributed by atoms with Gasteiger partial charge in [-0.15, -0.1) is 11.3 Å². The molecule has 0 aliphatic carbocycles. The Labute approximate surface area is 125 Å². The summed E-state index contributed by atoms with van der Waals surface area (Å²) in [5.74, 6) is -0.161. The Morgan fingerprint density at radius 3 is 2.95 bits per heavy atom. The summed E-state index contributed by atoms with van der Waals surface area (Å²) in [6.07, 6.45) is 2.48. The molecule has 2 aromatic heterocycles. The molecule has 0 aliphatic heterocycles. The van der Waals surface area contributed by atoms with Crippen LogP contribution in [-0.2, 0) is 11.3 Å². The lowest BCUT2D eigenvalue weighted by Gasteiger charge is -2.07. The molecule has 0 atom stereocenters. The van der Waals surface area contributed by atoms with Gasteiger partial charge in [0.15, 0.2) is 11.4 Å². The predicted molar refractivity (Wildman–Crippen MR) is 82.8 cm³/mol. The Kier molecular flexibility index (Phi) is 3.53. The first kappa shape index (κ1) is 13.5. The average molecular weight is 299 g/mol. The molecule has 3 rings (SSSR count). The highest BCUT2D eigenvalue weighted by atomic mass is 32.1. The van der Waals surface area contributed by atoms with E-state index in [4.69, 9.17) is 0 Å².